The summed E-state index contributed by atoms with van der Waals surface area (Å²) < 4.78 is 4.82. The van der Waals surface area contributed by atoms with Crippen LogP contribution in [0.4, 0.5) is 4.79 Å². The average Bonchev–Trinajstić information content (AvgIpc) is 4.08. The highest BCUT2D eigenvalue weighted by atomic mass is 17.2. The minimum absolute atomic E-state index is 0.125. The molecule has 0 aliphatic carbocycles. The number of likely N-dealkylation sites (tertiary alicyclic amines) is 2. The minimum atomic E-state index is -0.864. The Morgan fingerprint density at radius 1 is 0.804 bits per heavy atom. The van der Waals surface area contributed by atoms with Crippen LogP contribution in [0, 0.1) is 0 Å². The number of nitrogens with zero attached hydrogens (tertiary/aromatic N) is 5. The predicted molar refractivity (Wildman–Crippen MR) is 208 cm³/mol. The third-order valence-corrected chi connectivity index (χ3v) is 10.4. The third kappa shape index (κ3) is 8.65. The third-order valence-electron chi connectivity index (χ3n) is 10.4. The van der Waals surface area contributed by atoms with Gasteiger partial charge in [-0.15, -0.1) is 0 Å². The number of alkyl carbamates (subject to hydrolysis) is 1. The molecule has 0 bridgehead atoms. The van der Waals surface area contributed by atoms with Gasteiger partial charge < -0.3 is 34.7 Å². The Morgan fingerprint density at radius 2 is 1.43 bits per heavy atom. The lowest BCUT2D eigenvalue weighted by Crippen LogP contribution is -2.42. The summed E-state index contributed by atoms with van der Waals surface area (Å²) in [5.41, 5.74) is 5.48. The summed E-state index contributed by atoms with van der Waals surface area (Å²) in [5.74, 6) is 1.16. The first-order chi connectivity index (χ1) is 27.4. The lowest BCUT2D eigenvalue weighted by atomic mass is 10.0. The molecule has 14 heteroatoms. The van der Waals surface area contributed by atoms with Gasteiger partial charge in [0.25, 0.3) is 11.8 Å². The molecule has 2 fully saturated rings. The van der Waals surface area contributed by atoms with Crippen molar-refractivity contribution in [3.8, 4) is 11.3 Å². The van der Waals surface area contributed by atoms with Crippen molar-refractivity contribution in [2.24, 2.45) is 4.99 Å². The Balaban J connectivity index is 0.970. The van der Waals surface area contributed by atoms with Crippen molar-refractivity contribution >= 4 is 24.3 Å². The fourth-order valence-electron chi connectivity index (χ4n) is 7.57. The molecule has 4 heterocycles. The van der Waals surface area contributed by atoms with Crippen LogP contribution in [0.2, 0.25) is 0 Å². The molecule has 3 amide bonds. The fourth-order valence-corrected chi connectivity index (χ4v) is 7.57. The maximum Gasteiger partial charge on any atom is 0.407 e. The maximum absolute atomic E-state index is 13.9. The van der Waals surface area contributed by atoms with Crippen LogP contribution in [0.5, 0.6) is 0 Å². The standard InChI is InChI=1S/C42H46N8O6/c1-54-42(53)48-37(31-13-7-4-8-14-31)41(52)50-24-9-15-34(50)38-43-25-32(46-38)22-19-28-17-20-29(21-18-28)33-26-44-39(47-33)35-16-10-23-49(35)40(51)36(45-27-56-55-2)30-11-5-3-6-12-30/h3-8,11-14,17-18,20-21,25-27,34-37H,9-10,15-16,19,22-24H2,1-2H3,(H,43,46)(H,44,47)(H,48,53)/t34-,35-,36+,37-/m0/s1. The monoisotopic (exact) mass is 758 g/mol. The van der Waals surface area contributed by atoms with Crippen LogP contribution in [-0.2, 0) is 36.9 Å². The van der Waals surface area contributed by atoms with E-state index in [2.05, 4.69) is 54.4 Å². The van der Waals surface area contributed by atoms with Crippen LogP contribution >= 0.6 is 0 Å². The highest BCUT2D eigenvalue weighted by Crippen LogP contribution is 2.36. The van der Waals surface area contributed by atoms with E-state index in [0.717, 1.165) is 79.1 Å². The zero-order chi connectivity index (χ0) is 38.9. The van der Waals surface area contributed by atoms with Crippen LogP contribution in [-0.4, -0.2) is 81.4 Å². The molecule has 56 heavy (non-hydrogen) atoms. The van der Waals surface area contributed by atoms with E-state index in [1.54, 1.807) is 4.90 Å². The molecule has 5 aromatic rings. The zero-order valence-electron chi connectivity index (χ0n) is 31.5. The first-order valence-electron chi connectivity index (χ1n) is 18.9. The number of benzene rings is 3. The van der Waals surface area contributed by atoms with Crippen LogP contribution in [0.25, 0.3) is 11.3 Å². The number of H-pyrrole nitrogens is 2. The Hall–Kier alpha value is -6.28. The summed E-state index contributed by atoms with van der Waals surface area (Å²) in [4.78, 5) is 73.7. The van der Waals surface area contributed by atoms with Crippen LogP contribution in [0.3, 0.4) is 0 Å². The summed E-state index contributed by atoms with van der Waals surface area (Å²) in [6.07, 6.45) is 8.97. The molecule has 0 radical (unpaired) electrons. The van der Waals surface area contributed by atoms with E-state index in [1.165, 1.54) is 19.8 Å². The first-order valence-corrected chi connectivity index (χ1v) is 18.9. The Bertz CT molecular complexity index is 2100. The first kappa shape index (κ1) is 38.0. The number of imidazole rings is 2. The van der Waals surface area contributed by atoms with E-state index in [1.807, 2.05) is 78.0 Å². The maximum atomic E-state index is 13.9. The number of hydrogen-bond acceptors (Lipinski definition) is 9. The van der Waals surface area contributed by atoms with Crippen molar-refractivity contribution in [2.75, 3.05) is 27.3 Å². The highest BCUT2D eigenvalue weighted by Gasteiger charge is 2.38. The number of ether oxygens (including phenoxy) is 1. The molecule has 290 valence electrons. The molecule has 2 aromatic heterocycles. The molecular formula is C42H46N8O6. The van der Waals surface area contributed by atoms with E-state index in [-0.39, 0.29) is 23.9 Å². The molecule has 2 aliphatic rings. The van der Waals surface area contributed by atoms with E-state index < -0.39 is 18.2 Å². The summed E-state index contributed by atoms with van der Waals surface area (Å²) in [6, 6.07) is 24.9. The van der Waals surface area contributed by atoms with E-state index in [0.29, 0.717) is 18.7 Å². The van der Waals surface area contributed by atoms with E-state index >= 15 is 0 Å². The summed E-state index contributed by atoms with van der Waals surface area (Å²) >= 11 is 0. The number of rotatable bonds is 14. The van der Waals surface area contributed by atoms with Crippen molar-refractivity contribution in [1.29, 1.82) is 0 Å². The predicted octanol–water partition coefficient (Wildman–Crippen LogP) is 6.36. The molecule has 4 atom stereocenters. The molecular weight excluding hydrogens is 713 g/mol. The largest absolute Gasteiger partial charge is 0.453 e. The molecule has 14 nitrogen and oxygen atoms in total. The number of amides is 3. The second-order valence-electron chi connectivity index (χ2n) is 13.9. The second-order valence-corrected chi connectivity index (χ2v) is 13.9. The number of carbonyl (C=O) groups excluding carboxylic acids is 3. The summed E-state index contributed by atoms with van der Waals surface area (Å²) in [7, 11) is 2.67. The normalized spacial score (nSPS) is 17.9. The Labute approximate surface area is 325 Å². The molecule has 0 unspecified atom stereocenters. The lowest BCUT2D eigenvalue weighted by molar-refractivity contribution is -0.188. The van der Waals surface area contributed by atoms with Crippen molar-refractivity contribution in [3.05, 3.63) is 131 Å². The van der Waals surface area contributed by atoms with Gasteiger partial charge in [-0.3, -0.25) is 9.59 Å². The van der Waals surface area contributed by atoms with Crippen molar-refractivity contribution in [3.63, 3.8) is 0 Å². The van der Waals surface area contributed by atoms with Crippen LogP contribution < -0.4 is 5.32 Å². The number of carbonyl (C=O) groups is 3. The van der Waals surface area contributed by atoms with Gasteiger partial charge in [0.2, 0.25) is 6.40 Å². The van der Waals surface area contributed by atoms with Gasteiger partial charge in [-0.05, 0) is 60.8 Å². The van der Waals surface area contributed by atoms with Crippen LogP contribution in [0.1, 0.15) is 83.9 Å². The van der Waals surface area contributed by atoms with Gasteiger partial charge in [-0.2, -0.15) is 4.89 Å². The fraction of sp³-hybridized carbons (Fsp3) is 0.333. The lowest BCUT2D eigenvalue weighted by Gasteiger charge is -2.28. The van der Waals surface area contributed by atoms with Gasteiger partial charge in [0.15, 0.2) is 6.04 Å². The smallest absolute Gasteiger partial charge is 0.407 e. The minimum Gasteiger partial charge on any atom is -0.453 e. The molecule has 0 spiro atoms. The Kier molecular flexibility index (Phi) is 12.2. The van der Waals surface area contributed by atoms with Gasteiger partial charge in [-0.1, -0.05) is 84.9 Å². The number of hydrogen-bond donors (Lipinski definition) is 3. The average molecular weight is 759 g/mol. The molecule has 2 saturated heterocycles. The quantitative estimate of drug-likeness (QED) is 0.0510. The molecule has 0 saturated carbocycles. The topological polar surface area (TPSA) is 167 Å². The molecule has 3 aromatic carbocycles. The van der Waals surface area contributed by atoms with Gasteiger partial charge in [0.05, 0.1) is 38.2 Å². The van der Waals surface area contributed by atoms with Crippen LogP contribution in [0.15, 0.2) is 102 Å². The van der Waals surface area contributed by atoms with E-state index in [9.17, 15) is 14.4 Å². The number of nitrogens with one attached hydrogen (secondary N) is 3. The van der Waals surface area contributed by atoms with E-state index in [4.69, 9.17) is 14.6 Å². The molecule has 2 aliphatic heterocycles. The summed E-state index contributed by atoms with van der Waals surface area (Å²) in [6.45, 7) is 1.18. The van der Waals surface area contributed by atoms with Gasteiger partial charge in [0.1, 0.15) is 17.7 Å². The highest BCUT2D eigenvalue weighted by molar-refractivity contribution is 5.87. The van der Waals surface area contributed by atoms with Gasteiger partial charge in [-0.25, -0.2) is 19.8 Å². The number of aliphatic imine (C=N–C) groups is 1. The van der Waals surface area contributed by atoms with Gasteiger partial charge in [0, 0.05) is 25.0 Å². The molecule has 3 N–H and O–H groups in total. The van der Waals surface area contributed by atoms with Crippen molar-refractivity contribution in [2.45, 2.75) is 62.7 Å². The van der Waals surface area contributed by atoms with Crippen molar-refractivity contribution in [1.82, 2.24) is 35.1 Å². The number of methoxy groups -OCH3 is 1. The van der Waals surface area contributed by atoms with Gasteiger partial charge >= 0.3 is 6.09 Å². The number of aromatic amines is 2. The number of aryl methyl sites for hydroxylation is 2. The number of aromatic nitrogens is 4. The second kappa shape index (κ2) is 17.9. The SMILES string of the molecule is COOC=N[C@@H](C(=O)N1CCC[C@H]1c1ncc(-c2ccc(CCc3cnc([C@@H]4CCCN4C(=O)[C@@H](NC(=O)OC)c4ccccc4)[nH]3)cc2)[nH]1)c1ccccc1. The Morgan fingerprint density at radius 3 is 2.09 bits per heavy atom. The van der Waals surface area contributed by atoms with Crippen molar-refractivity contribution < 1.29 is 28.9 Å². The molecule has 7 rings (SSSR count). The summed E-state index contributed by atoms with van der Waals surface area (Å²) in [5, 5.41) is 2.71. The zero-order valence-corrected chi connectivity index (χ0v) is 31.5.